The number of rotatable bonds is 4. The van der Waals surface area contributed by atoms with Gasteiger partial charge in [0.1, 0.15) is 5.82 Å². The minimum atomic E-state index is 0. The molecule has 0 unspecified atom stereocenters. The van der Waals surface area contributed by atoms with Crippen LogP contribution in [-0.2, 0) is 6.54 Å². The normalized spacial score (nSPS) is 20.2. The van der Waals surface area contributed by atoms with Crippen LogP contribution in [-0.4, -0.2) is 46.6 Å². The van der Waals surface area contributed by atoms with E-state index in [1.807, 2.05) is 19.3 Å². The Kier molecular flexibility index (Phi) is 7.37. The van der Waals surface area contributed by atoms with Crippen LogP contribution in [0, 0.1) is 12.3 Å². The van der Waals surface area contributed by atoms with Crippen molar-refractivity contribution in [1.82, 2.24) is 19.8 Å². The highest BCUT2D eigenvalue weighted by atomic mass is 127. The van der Waals surface area contributed by atoms with Gasteiger partial charge in [-0.1, -0.05) is 19.3 Å². The molecule has 24 heavy (non-hydrogen) atoms. The Labute approximate surface area is 163 Å². The molecule has 1 aromatic rings. The molecule has 136 valence electrons. The first-order chi connectivity index (χ1) is 11.2. The van der Waals surface area contributed by atoms with Gasteiger partial charge in [-0.25, -0.2) is 4.98 Å². The maximum absolute atomic E-state index is 4.87. The topological polar surface area (TPSA) is 45.5 Å². The van der Waals surface area contributed by atoms with Crippen molar-refractivity contribution < 1.29 is 0 Å². The summed E-state index contributed by atoms with van der Waals surface area (Å²) < 4.78 is 2.17. The lowest BCUT2D eigenvalue weighted by Gasteiger charge is -2.33. The van der Waals surface area contributed by atoms with Crippen LogP contribution < -0.4 is 5.32 Å². The van der Waals surface area contributed by atoms with E-state index in [1.54, 1.807) is 0 Å². The number of hydrogen-bond acceptors (Lipinski definition) is 2. The van der Waals surface area contributed by atoms with Gasteiger partial charge in [0.05, 0.1) is 6.54 Å². The Balaban J connectivity index is 0.00000208. The first kappa shape index (κ1) is 19.5. The maximum Gasteiger partial charge on any atom is 0.193 e. The number of aliphatic imine (C=N–C) groups is 1. The molecule has 2 heterocycles. The van der Waals surface area contributed by atoms with Crippen molar-refractivity contribution in [2.45, 2.75) is 58.9 Å². The summed E-state index contributed by atoms with van der Waals surface area (Å²) >= 11 is 0. The molecular weight excluding hydrogens is 413 g/mol. The van der Waals surface area contributed by atoms with Crippen molar-refractivity contribution in [2.24, 2.45) is 10.4 Å². The third-order valence-corrected chi connectivity index (χ3v) is 5.51. The van der Waals surface area contributed by atoms with Crippen molar-refractivity contribution in [3.63, 3.8) is 0 Å². The van der Waals surface area contributed by atoms with Crippen molar-refractivity contribution in [2.75, 3.05) is 26.2 Å². The lowest BCUT2D eigenvalue weighted by Crippen LogP contribution is -2.41. The minimum Gasteiger partial charge on any atom is -0.357 e. The van der Waals surface area contributed by atoms with Crippen molar-refractivity contribution in [3.05, 3.63) is 18.2 Å². The second-order valence-corrected chi connectivity index (χ2v) is 7.14. The van der Waals surface area contributed by atoms with E-state index >= 15 is 0 Å². The molecule has 1 saturated carbocycles. The maximum atomic E-state index is 4.87. The van der Waals surface area contributed by atoms with Crippen LogP contribution in [0.15, 0.2) is 17.4 Å². The van der Waals surface area contributed by atoms with E-state index in [9.17, 15) is 0 Å². The first-order valence-electron chi connectivity index (χ1n) is 9.23. The third kappa shape index (κ3) is 4.64. The van der Waals surface area contributed by atoms with Gasteiger partial charge >= 0.3 is 0 Å². The Morgan fingerprint density at radius 3 is 2.75 bits per heavy atom. The molecule has 0 amide bonds. The molecule has 5 nitrogen and oxygen atoms in total. The van der Waals surface area contributed by atoms with E-state index in [4.69, 9.17) is 4.99 Å². The third-order valence-electron chi connectivity index (χ3n) is 5.51. The lowest BCUT2D eigenvalue weighted by molar-refractivity contribution is 0.203. The van der Waals surface area contributed by atoms with E-state index in [0.717, 1.165) is 38.0 Å². The Morgan fingerprint density at radius 1 is 1.29 bits per heavy atom. The monoisotopic (exact) mass is 445 g/mol. The molecule has 3 rings (SSSR count). The van der Waals surface area contributed by atoms with E-state index in [0.29, 0.717) is 5.41 Å². The second-order valence-electron chi connectivity index (χ2n) is 7.14. The fourth-order valence-electron chi connectivity index (χ4n) is 4.16. The standard InChI is InChI=1S/C18H31N5.HI/c1-3-19-17(21-11-14-22-13-10-20-16(22)2)23-12-9-18(15-23)7-5-4-6-8-18;/h10,13H,3-9,11-12,14-15H2,1-2H3,(H,19,21);1H. The number of aromatic nitrogens is 2. The summed E-state index contributed by atoms with van der Waals surface area (Å²) in [7, 11) is 0. The highest BCUT2D eigenvalue weighted by Crippen LogP contribution is 2.43. The molecular formula is C18H32IN5. The smallest absolute Gasteiger partial charge is 0.193 e. The van der Waals surface area contributed by atoms with Gasteiger partial charge in [-0.05, 0) is 38.5 Å². The number of nitrogens with zero attached hydrogens (tertiary/aromatic N) is 4. The summed E-state index contributed by atoms with van der Waals surface area (Å²) in [4.78, 5) is 11.6. The molecule has 0 radical (unpaired) electrons. The number of nitrogens with one attached hydrogen (secondary N) is 1. The molecule has 2 fully saturated rings. The SMILES string of the molecule is CCNC(=NCCn1ccnc1C)N1CCC2(CCCCC2)C1.I. The molecule has 1 N–H and O–H groups in total. The molecule has 1 aliphatic carbocycles. The molecule has 2 aliphatic rings. The molecule has 0 atom stereocenters. The zero-order valence-corrected chi connectivity index (χ0v) is 17.5. The molecule has 0 aromatic carbocycles. The van der Waals surface area contributed by atoms with Crippen molar-refractivity contribution in [1.29, 1.82) is 0 Å². The lowest BCUT2D eigenvalue weighted by atomic mass is 9.73. The number of likely N-dealkylation sites (tertiary alicyclic amines) is 1. The van der Waals surface area contributed by atoms with E-state index < -0.39 is 0 Å². The number of aryl methyl sites for hydroxylation is 1. The van der Waals surface area contributed by atoms with Crippen LogP contribution in [0.1, 0.15) is 51.3 Å². The highest BCUT2D eigenvalue weighted by Gasteiger charge is 2.39. The largest absolute Gasteiger partial charge is 0.357 e. The van der Waals surface area contributed by atoms with Crippen LogP contribution in [0.4, 0.5) is 0 Å². The fraction of sp³-hybridized carbons (Fsp3) is 0.778. The zero-order valence-electron chi connectivity index (χ0n) is 15.1. The van der Waals surface area contributed by atoms with Crippen molar-refractivity contribution in [3.8, 4) is 0 Å². The Morgan fingerprint density at radius 2 is 2.08 bits per heavy atom. The quantitative estimate of drug-likeness (QED) is 0.439. The van der Waals surface area contributed by atoms with Crippen LogP contribution in [0.5, 0.6) is 0 Å². The van der Waals surface area contributed by atoms with Gasteiger partial charge in [0.2, 0.25) is 0 Å². The van der Waals surface area contributed by atoms with Gasteiger partial charge in [0.15, 0.2) is 5.96 Å². The molecule has 0 bridgehead atoms. The van der Waals surface area contributed by atoms with Gasteiger partial charge in [0.25, 0.3) is 0 Å². The molecule has 1 aromatic heterocycles. The van der Waals surface area contributed by atoms with Gasteiger partial charge in [0, 0.05) is 38.6 Å². The second kappa shape index (κ2) is 9.06. The van der Waals surface area contributed by atoms with E-state index in [2.05, 4.69) is 26.7 Å². The first-order valence-corrected chi connectivity index (χ1v) is 9.23. The fourth-order valence-corrected chi connectivity index (χ4v) is 4.16. The van der Waals surface area contributed by atoms with Crippen LogP contribution in [0.25, 0.3) is 0 Å². The summed E-state index contributed by atoms with van der Waals surface area (Å²) in [5.41, 5.74) is 0.579. The van der Waals surface area contributed by atoms with Gasteiger partial charge in [-0.2, -0.15) is 0 Å². The van der Waals surface area contributed by atoms with E-state index in [-0.39, 0.29) is 24.0 Å². The highest BCUT2D eigenvalue weighted by molar-refractivity contribution is 14.0. The van der Waals surface area contributed by atoms with Gasteiger partial charge in [-0.15, -0.1) is 24.0 Å². The number of imidazole rings is 1. The summed E-state index contributed by atoms with van der Waals surface area (Å²) in [5, 5.41) is 3.49. The predicted octanol–water partition coefficient (Wildman–Crippen LogP) is 3.43. The summed E-state index contributed by atoms with van der Waals surface area (Å²) in [5.74, 6) is 2.17. The predicted molar refractivity (Wildman–Crippen MR) is 110 cm³/mol. The number of hydrogen-bond donors (Lipinski definition) is 1. The van der Waals surface area contributed by atoms with Crippen LogP contribution in [0.3, 0.4) is 0 Å². The molecule has 1 aliphatic heterocycles. The summed E-state index contributed by atoms with van der Waals surface area (Å²) in [6.45, 7) is 9.21. The average Bonchev–Trinajstić information content (AvgIpc) is 3.15. The van der Waals surface area contributed by atoms with E-state index in [1.165, 1.54) is 45.1 Å². The Bertz CT molecular complexity index is 533. The molecule has 1 saturated heterocycles. The van der Waals surface area contributed by atoms with Gasteiger partial charge < -0.3 is 14.8 Å². The van der Waals surface area contributed by atoms with Crippen molar-refractivity contribution >= 4 is 29.9 Å². The molecule has 1 spiro atoms. The zero-order chi connectivity index (χ0) is 16.1. The summed E-state index contributed by atoms with van der Waals surface area (Å²) in [6.07, 6.45) is 12.3. The Hall–Kier alpha value is -0.790. The number of halogens is 1. The number of guanidine groups is 1. The minimum absolute atomic E-state index is 0. The molecule has 6 heteroatoms. The van der Waals surface area contributed by atoms with Gasteiger partial charge in [-0.3, -0.25) is 4.99 Å². The van der Waals surface area contributed by atoms with Crippen LogP contribution >= 0.6 is 24.0 Å². The average molecular weight is 445 g/mol. The summed E-state index contributed by atoms with van der Waals surface area (Å²) in [6, 6.07) is 0. The van der Waals surface area contributed by atoms with Crippen LogP contribution in [0.2, 0.25) is 0 Å².